The van der Waals surface area contributed by atoms with Crippen LogP contribution in [0.1, 0.15) is 10.6 Å². The number of anilines is 2. The zero-order chi connectivity index (χ0) is 21.2. The summed E-state index contributed by atoms with van der Waals surface area (Å²) in [6.45, 7) is 5.35. The molecule has 2 aromatic heterocycles. The first kappa shape index (κ1) is 19.5. The van der Waals surface area contributed by atoms with Gasteiger partial charge in [-0.15, -0.1) is 10.2 Å². The van der Waals surface area contributed by atoms with E-state index >= 15 is 0 Å². The fourth-order valence-corrected chi connectivity index (χ4v) is 3.95. The number of rotatable bonds is 3. The first-order valence-electron chi connectivity index (χ1n) is 10.4. The van der Waals surface area contributed by atoms with Gasteiger partial charge in [0.15, 0.2) is 22.8 Å². The average Bonchev–Trinajstić information content (AvgIpc) is 2.84. The van der Waals surface area contributed by atoms with Crippen molar-refractivity contribution in [3.05, 3.63) is 58.4 Å². The van der Waals surface area contributed by atoms with Crippen molar-refractivity contribution in [3.63, 3.8) is 0 Å². The van der Waals surface area contributed by atoms with Crippen LogP contribution >= 0.6 is 0 Å². The van der Waals surface area contributed by atoms with Gasteiger partial charge in [0.25, 0.3) is 5.91 Å². The molecule has 0 saturated carbocycles. The SMILES string of the molecule is O=C(c1cc(=O)c2ccccc2o1)N1CCN(c2ccc(N3CCOCC3)nn2)CC1. The highest BCUT2D eigenvalue weighted by Gasteiger charge is 2.25. The van der Waals surface area contributed by atoms with E-state index < -0.39 is 0 Å². The van der Waals surface area contributed by atoms with Crippen molar-refractivity contribution >= 4 is 28.5 Å². The van der Waals surface area contributed by atoms with Gasteiger partial charge >= 0.3 is 0 Å². The van der Waals surface area contributed by atoms with E-state index in [0.29, 0.717) is 50.4 Å². The van der Waals surface area contributed by atoms with Crippen LogP contribution in [0.4, 0.5) is 11.6 Å². The lowest BCUT2D eigenvalue weighted by Crippen LogP contribution is -2.49. The lowest BCUT2D eigenvalue weighted by molar-refractivity contribution is 0.0715. The van der Waals surface area contributed by atoms with E-state index in [-0.39, 0.29) is 17.1 Å². The number of piperazine rings is 1. The zero-order valence-corrected chi connectivity index (χ0v) is 17.1. The van der Waals surface area contributed by atoms with Gasteiger partial charge in [0.05, 0.1) is 18.6 Å². The van der Waals surface area contributed by atoms with Crippen LogP contribution < -0.4 is 15.2 Å². The van der Waals surface area contributed by atoms with Crippen LogP contribution in [-0.4, -0.2) is 73.5 Å². The predicted octanol–water partition coefficient (Wildman–Crippen LogP) is 1.38. The molecule has 4 heterocycles. The molecule has 0 unspecified atom stereocenters. The first-order chi connectivity index (χ1) is 15.2. The minimum atomic E-state index is -0.267. The van der Waals surface area contributed by atoms with Gasteiger partial charge in [-0.05, 0) is 24.3 Å². The summed E-state index contributed by atoms with van der Waals surface area (Å²) in [7, 11) is 0. The average molecular weight is 421 g/mol. The Kier molecular flexibility index (Phi) is 5.25. The number of hydrogen-bond donors (Lipinski definition) is 0. The van der Waals surface area contributed by atoms with Crippen molar-refractivity contribution in [1.29, 1.82) is 0 Å². The van der Waals surface area contributed by atoms with Gasteiger partial charge in [-0.25, -0.2) is 0 Å². The predicted molar refractivity (Wildman–Crippen MR) is 116 cm³/mol. The Hall–Kier alpha value is -3.46. The number of nitrogens with zero attached hydrogens (tertiary/aromatic N) is 5. The van der Waals surface area contributed by atoms with Gasteiger partial charge in [0, 0.05) is 45.3 Å². The summed E-state index contributed by atoms with van der Waals surface area (Å²) in [5.74, 6) is 1.46. The molecule has 9 heteroatoms. The Labute approximate surface area is 178 Å². The van der Waals surface area contributed by atoms with Crippen LogP contribution in [0.25, 0.3) is 11.0 Å². The summed E-state index contributed by atoms with van der Waals surface area (Å²) in [6.07, 6.45) is 0. The zero-order valence-electron chi connectivity index (χ0n) is 17.1. The van der Waals surface area contributed by atoms with Crippen LogP contribution in [0.3, 0.4) is 0 Å². The van der Waals surface area contributed by atoms with E-state index in [0.717, 1.165) is 24.7 Å². The van der Waals surface area contributed by atoms with Crippen molar-refractivity contribution < 1.29 is 13.9 Å². The van der Waals surface area contributed by atoms with E-state index in [2.05, 4.69) is 20.0 Å². The number of amides is 1. The number of carbonyl (C=O) groups excluding carboxylic acids is 1. The second-order valence-electron chi connectivity index (χ2n) is 7.60. The number of ether oxygens (including phenoxy) is 1. The minimum absolute atomic E-state index is 0.0757. The van der Waals surface area contributed by atoms with E-state index in [1.54, 1.807) is 29.2 Å². The number of hydrogen-bond acceptors (Lipinski definition) is 8. The summed E-state index contributed by atoms with van der Waals surface area (Å²) in [5.41, 5.74) is 0.215. The fraction of sp³-hybridized carbons (Fsp3) is 0.364. The molecular weight excluding hydrogens is 398 g/mol. The van der Waals surface area contributed by atoms with Crippen LogP contribution in [0.15, 0.2) is 51.7 Å². The number of fused-ring (bicyclic) bond motifs is 1. The topological polar surface area (TPSA) is 92.0 Å². The number of carbonyl (C=O) groups is 1. The summed E-state index contributed by atoms with van der Waals surface area (Å²) in [5, 5.41) is 9.22. The van der Waals surface area contributed by atoms with E-state index in [4.69, 9.17) is 9.15 Å². The van der Waals surface area contributed by atoms with Crippen LogP contribution in [-0.2, 0) is 4.74 Å². The number of benzene rings is 1. The Bertz CT molecular complexity index is 1130. The first-order valence-corrected chi connectivity index (χ1v) is 10.4. The maximum absolute atomic E-state index is 12.9. The highest BCUT2D eigenvalue weighted by Crippen LogP contribution is 2.19. The highest BCUT2D eigenvalue weighted by atomic mass is 16.5. The summed E-state index contributed by atoms with van der Waals surface area (Å²) >= 11 is 0. The second-order valence-corrected chi connectivity index (χ2v) is 7.60. The monoisotopic (exact) mass is 421 g/mol. The van der Waals surface area contributed by atoms with Crippen molar-refractivity contribution in [1.82, 2.24) is 15.1 Å². The standard InChI is InChI=1S/C22H23N5O4/c28-17-15-19(31-18-4-2-1-3-16(17)18)22(29)27-9-7-25(8-10-27)20-5-6-21(24-23-20)26-11-13-30-14-12-26/h1-6,15H,7-14H2. The molecule has 9 nitrogen and oxygen atoms in total. The Morgan fingerprint density at radius 3 is 2.16 bits per heavy atom. The molecule has 3 aromatic rings. The van der Waals surface area contributed by atoms with Crippen molar-refractivity contribution in [3.8, 4) is 0 Å². The lowest BCUT2D eigenvalue weighted by atomic mass is 10.2. The number of para-hydroxylation sites is 1. The van der Waals surface area contributed by atoms with Gasteiger partial charge in [-0.3, -0.25) is 9.59 Å². The van der Waals surface area contributed by atoms with Crippen molar-refractivity contribution in [2.45, 2.75) is 0 Å². The van der Waals surface area contributed by atoms with E-state index in [1.165, 1.54) is 6.07 Å². The lowest BCUT2D eigenvalue weighted by Gasteiger charge is -2.35. The molecule has 1 amide bonds. The minimum Gasteiger partial charge on any atom is -0.451 e. The van der Waals surface area contributed by atoms with Crippen LogP contribution in [0.5, 0.6) is 0 Å². The fourth-order valence-electron chi connectivity index (χ4n) is 3.95. The third-order valence-electron chi connectivity index (χ3n) is 5.71. The molecule has 0 N–H and O–H groups in total. The Morgan fingerprint density at radius 2 is 1.48 bits per heavy atom. The molecule has 160 valence electrons. The molecule has 2 aliphatic heterocycles. The van der Waals surface area contributed by atoms with Crippen molar-refractivity contribution in [2.75, 3.05) is 62.3 Å². The van der Waals surface area contributed by atoms with Gasteiger partial charge < -0.3 is 23.9 Å². The molecule has 1 aromatic carbocycles. The molecule has 5 rings (SSSR count). The molecule has 0 spiro atoms. The molecule has 0 bridgehead atoms. The summed E-state index contributed by atoms with van der Waals surface area (Å²) in [6, 6.07) is 12.2. The summed E-state index contributed by atoms with van der Waals surface area (Å²) < 4.78 is 11.1. The normalized spacial score (nSPS) is 17.2. The Balaban J connectivity index is 1.24. The third-order valence-corrected chi connectivity index (χ3v) is 5.71. The van der Waals surface area contributed by atoms with Crippen molar-refractivity contribution in [2.24, 2.45) is 0 Å². The Morgan fingerprint density at radius 1 is 0.839 bits per heavy atom. The second kappa shape index (κ2) is 8.35. The van der Waals surface area contributed by atoms with Crippen LogP contribution in [0, 0.1) is 0 Å². The quantitative estimate of drug-likeness (QED) is 0.626. The van der Waals surface area contributed by atoms with Gasteiger partial charge in [0.2, 0.25) is 0 Å². The number of aromatic nitrogens is 2. The smallest absolute Gasteiger partial charge is 0.289 e. The molecule has 0 aliphatic carbocycles. The maximum atomic E-state index is 12.9. The molecule has 2 aliphatic rings. The molecular formula is C22H23N5O4. The van der Waals surface area contributed by atoms with E-state index in [1.807, 2.05) is 12.1 Å². The van der Waals surface area contributed by atoms with Gasteiger partial charge in [-0.1, -0.05) is 12.1 Å². The highest BCUT2D eigenvalue weighted by molar-refractivity contribution is 5.93. The van der Waals surface area contributed by atoms with E-state index in [9.17, 15) is 9.59 Å². The molecule has 2 fully saturated rings. The maximum Gasteiger partial charge on any atom is 0.289 e. The van der Waals surface area contributed by atoms with Crippen LogP contribution in [0.2, 0.25) is 0 Å². The van der Waals surface area contributed by atoms with Gasteiger partial charge in [-0.2, -0.15) is 0 Å². The summed E-state index contributed by atoms with van der Waals surface area (Å²) in [4.78, 5) is 31.2. The molecule has 0 atom stereocenters. The molecule has 2 saturated heterocycles. The molecule has 0 radical (unpaired) electrons. The largest absolute Gasteiger partial charge is 0.451 e. The third kappa shape index (κ3) is 3.96. The molecule has 31 heavy (non-hydrogen) atoms. The number of morpholine rings is 1. The van der Waals surface area contributed by atoms with Gasteiger partial charge in [0.1, 0.15) is 5.58 Å².